The number of aromatic hydroxyl groups is 1. The number of phenolic OH excluding ortho intramolecular Hbond substituents is 1. The van der Waals surface area contributed by atoms with Crippen LogP contribution in [0.5, 0.6) is 5.75 Å². The summed E-state index contributed by atoms with van der Waals surface area (Å²) in [7, 11) is 0. The van der Waals surface area contributed by atoms with Crippen LogP contribution in [-0.4, -0.2) is 27.2 Å². The minimum absolute atomic E-state index is 0.0840. The van der Waals surface area contributed by atoms with Crippen LogP contribution in [0.2, 0.25) is 0 Å². The molecule has 0 bridgehead atoms. The summed E-state index contributed by atoms with van der Waals surface area (Å²) in [5, 5.41) is 22.5. The standard InChI is InChI=1S/C25H26N2O3/c1-3-17(18-6-8-20(9-7-18)25(29)30)15-22-23(19-10-12-21(28)13-11-19)26-24-16(2)5-4-14-27(22)24/h4-14,17,24,26,28H,3,15H2,1-2H3,(H,29,30). The fourth-order valence-corrected chi connectivity index (χ4v) is 4.18. The van der Waals surface area contributed by atoms with Crippen molar-refractivity contribution in [2.75, 3.05) is 0 Å². The van der Waals surface area contributed by atoms with E-state index in [4.69, 9.17) is 0 Å². The summed E-state index contributed by atoms with van der Waals surface area (Å²) in [5.41, 5.74) is 5.98. The zero-order valence-electron chi connectivity index (χ0n) is 17.2. The number of hydrogen-bond acceptors (Lipinski definition) is 4. The van der Waals surface area contributed by atoms with Gasteiger partial charge in [0.15, 0.2) is 0 Å². The van der Waals surface area contributed by atoms with Crippen LogP contribution in [0, 0.1) is 0 Å². The Morgan fingerprint density at radius 2 is 1.83 bits per heavy atom. The first kappa shape index (κ1) is 19.8. The molecule has 0 radical (unpaired) electrons. The molecule has 0 aromatic heterocycles. The van der Waals surface area contributed by atoms with Gasteiger partial charge in [0.25, 0.3) is 0 Å². The lowest BCUT2D eigenvalue weighted by molar-refractivity contribution is 0.0697. The van der Waals surface area contributed by atoms with Crippen molar-refractivity contribution in [2.24, 2.45) is 0 Å². The fraction of sp³-hybridized carbons (Fsp3) is 0.240. The van der Waals surface area contributed by atoms with Gasteiger partial charge in [0.05, 0.1) is 11.3 Å². The van der Waals surface area contributed by atoms with Crippen LogP contribution >= 0.6 is 0 Å². The smallest absolute Gasteiger partial charge is 0.335 e. The van der Waals surface area contributed by atoms with Gasteiger partial charge < -0.3 is 20.4 Å². The van der Waals surface area contributed by atoms with Crippen LogP contribution in [0.4, 0.5) is 0 Å². The summed E-state index contributed by atoms with van der Waals surface area (Å²) < 4.78 is 0. The Bertz CT molecular complexity index is 1030. The molecule has 0 spiro atoms. The van der Waals surface area contributed by atoms with E-state index in [1.54, 1.807) is 24.3 Å². The van der Waals surface area contributed by atoms with Crippen molar-refractivity contribution in [1.82, 2.24) is 10.2 Å². The van der Waals surface area contributed by atoms with E-state index in [0.717, 1.165) is 29.7 Å². The molecule has 30 heavy (non-hydrogen) atoms. The van der Waals surface area contributed by atoms with Gasteiger partial charge in [0.1, 0.15) is 11.9 Å². The number of benzene rings is 2. The molecule has 3 N–H and O–H groups in total. The van der Waals surface area contributed by atoms with Crippen molar-refractivity contribution in [1.29, 1.82) is 0 Å². The molecule has 0 fully saturated rings. The highest BCUT2D eigenvalue weighted by molar-refractivity contribution is 5.87. The summed E-state index contributed by atoms with van der Waals surface area (Å²) in [5.74, 6) is -0.400. The quantitative estimate of drug-likeness (QED) is 0.631. The number of phenols is 1. The molecule has 154 valence electrons. The minimum atomic E-state index is -0.907. The Morgan fingerprint density at radius 3 is 2.47 bits per heavy atom. The number of carbonyl (C=O) groups is 1. The summed E-state index contributed by atoms with van der Waals surface area (Å²) in [4.78, 5) is 13.5. The number of nitrogens with zero attached hydrogens (tertiary/aromatic N) is 1. The number of rotatable bonds is 6. The maximum atomic E-state index is 11.2. The molecule has 2 heterocycles. The second-order valence-corrected chi connectivity index (χ2v) is 7.81. The predicted molar refractivity (Wildman–Crippen MR) is 118 cm³/mol. The number of fused-ring (bicyclic) bond motifs is 1. The number of aromatic carboxylic acids is 1. The number of carboxylic acid groups (broad SMARTS) is 1. The molecule has 4 rings (SSSR count). The fourth-order valence-electron chi connectivity index (χ4n) is 4.18. The Kier molecular flexibility index (Phi) is 5.36. The van der Waals surface area contributed by atoms with E-state index < -0.39 is 5.97 Å². The van der Waals surface area contributed by atoms with E-state index in [-0.39, 0.29) is 17.8 Å². The largest absolute Gasteiger partial charge is 0.508 e. The van der Waals surface area contributed by atoms with Gasteiger partial charge in [-0.3, -0.25) is 0 Å². The van der Waals surface area contributed by atoms with E-state index in [2.05, 4.69) is 42.4 Å². The first-order valence-corrected chi connectivity index (χ1v) is 10.2. The average Bonchev–Trinajstić information content (AvgIpc) is 3.12. The molecule has 2 aromatic rings. The van der Waals surface area contributed by atoms with E-state index in [1.165, 1.54) is 11.3 Å². The number of hydrogen-bond donors (Lipinski definition) is 3. The Balaban J connectivity index is 1.70. The predicted octanol–water partition coefficient (Wildman–Crippen LogP) is 5.05. The highest BCUT2D eigenvalue weighted by atomic mass is 16.4. The third-order valence-corrected chi connectivity index (χ3v) is 5.91. The second-order valence-electron chi connectivity index (χ2n) is 7.81. The van der Waals surface area contributed by atoms with Gasteiger partial charge in [0, 0.05) is 11.9 Å². The molecule has 5 nitrogen and oxygen atoms in total. The molecular weight excluding hydrogens is 376 g/mol. The highest BCUT2D eigenvalue weighted by Crippen LogP contribution is 2.39. The third kappa shape index (κ3) is 3.71. The zero-order valence-corrected chi connectivity index (χ0v) is 17.2. The zero-order chi connectivity index (χ0) is 21.3. The van der Waals surface area contributed by atoms with Gasteiger partial charge in [0.2, 0.25) is 0 Å². The molecule has 2 unspecified atom stereocenters. The Hall–Kier alpha value is -3.47. The van der Waals surface area contributed by atoms with Crippen LogP contribution in [-0.2, 0) is 0 Å². The molecule has 2 aliphatic heterocycles. The topological polar surface area (TPSA) is 72.8 Å². The van der Waals surface area contributed by atoms with Crippen molar-refractivity contribution in [3.63, 3.8) is 0 Å². The summed E-state index contributed by atoms with van der Waals surface area (Å²) in [6.45, 7) is 4.28. The van der Waals surface area contributed by atoms with Gasteiger partial charge in [-0.2, -0.15) is 0 Å². The van der Waals surface area contributed by atoms with Crippen LogP contribution in [0.15, 0.2) is 78.2 Å². The number of nitrogens with one attached hydrogen (secondary N) is 1. The van der Waals surface area contributed by atoms with Gasteiger partial charge in [-0.05, 0) is 84.9 Å². The van der Waals surface area contributed by atoms with Crippen molar-refractivity contribution in [3.05, 3.63) is 94.8 Å². The molecule has 0 amide bonds. The van der Waals surface area contributed by atoms with Crippen molar-refractivity contribution >= 4 is 11.7 Å². The normalized spacial score (nSPS) is 18.7. The Morgan fingerprint density at radius 1 is 1.13 bits per heavy atom. The lowest BCUT2D eigenvalue weighted by atomic mass is 9.90. The lowest BCUT2D eigenvalue weighted by Gasteiger charge is -2.30. The van der Waals surface area contributed by atoms with E-state index >= 15 is 0 Å². The van der Waals surface area contributed by atoms with Crippen LogP contribution < -0.4 is 5.32 Å². The lowest BCUT2D eigenvalue weighted by Crippen LogP contribution is -2.36. The van der Waals surface area contributed by atoms with E-state index in [0.29, 0.717) is 5.56 Å². The monoisotopic (exact) mass is 402 g/mol. The van der Waals surface area contributed by atoms with Crippen molar-refractivity contribution < 1.29 is 15.0 Å². The first-order valence-electron chi connectivity index (χ1n) is 10.2. The summed E-state index contributed by atoms with van der Waals surface area (Å²) >= 11 is 0. The van der Waals surface area contributed by atoms with Gasteiger partial charge in [-0.25, -0.2) is 4.79 Å². The molecule has 0 saturated carbocycles. The molecule has 2 aromatic carbocycles. The van der Waals surface area contributed by atoms with Gasteiger partial charge in [-0.15, -0.1) is 0 Å². The molecule has 0 saturated heterocycles. The molecule has 2 atom stereocenters. The molecule has 2 aliphatic rings. The third-order valence-electron chi connectivity index (χ3n) is 5.91. The number of allylic oxidation sites excluding steroid dienone is 3. The highest BCUT2D eigenvalue weighted by Gasteiger charge is 2.33. The maximum absolute atomic E-state index is 11.2. The van der Waals surface area contributed by atoms with E-state index in [1.807, 2.05) is 24.3 Å². The maximum Gasteiger partial charge on any atom is 0.335 e. The summed E-state index contributed by atoms with van der Waals surface area (Å²) in [6, 6.07) is 14.5. The van der Waals surface area contributed by atoms with Crippen molar-refractivity contribution in [3.8, 4) is 5.75 Å². The van der Waals surface area contributed by atoms with Crippen LogP contribution in [0.3, 0.4) is 0 Å². The van der Waals surface area contributed by atoms with Crippen LogP contribution in [0.1, 0.15) is 54.1 Å². The first-order chi connectivity index (χ1) is 14.5. The minimum Gasteiger partial charge on any atom is -0.508 e. The molecule has 0 aliphatic carbocycles. The second kappa shape index (κ2) is 8.11. The number of carboxylic acids is 1. The molecule has 5 heteroatoms. The Labute approximate surface area is 176 Å². The van der Waals surface area contributed by atoms with Gasteiger partial charge in [-0.1, -0.05) is 25.1 Å². The summed E-state index contributed by atoms with van der Waals surface area (Å²) in [6.07, 6.45) is 8.13. The van der Waals surface area contributed by atoms with Crippen molar-refractivity contribution in [2.45, 2.75) is 38.8 Å². The molecular formula is C25H26N2O3. The SMILES string of the molecule is CCC(CC1=C(c2ccc(O)cc2)NC2C(C)=CC=CN12)c1ccc(C(=O)O)cc1. The van der Waals surface area contributed by atoms with Gasteiger partial charge >= 0.3 is 5.97 Å². The average molecular weight is 402 g/mol. The van der Waals surface area contributed by atoms with Crippen LogP contribution in [0.25, 0.3) is 5.70 Å². The van der Waals surface area contributed by atoms with E-state index in [9.17, 15) is 15.0 Å².